The van der Waals surface area contributed by atoms with Crippen LogP contribution in [0.2, 0.25) is 0 Å². The number of nitrogens with zero attached hydrogens (tertiary/aromatic N) is 1. The zero-order valence-electron chi connectivity index (χ0n) is 15.0. The van der Waals surface area contributed by atoms with E-state index in [0.29, 0.717) is 5.89 Å². The van der Waals surface area contributed by atoms with Crippen molar-refractivity contribution >= 4 is 9.84 Å². The molecular formula is C22H16FNO3S. The molecule has 28 heavy (non-hydrogen) atoms. The molecule has 4 nitrogen and oxygen atoms in total. The van der Waals surface area contributed by atoms with Gasteiger partial charge in [-0.1, -0.05) is 30.3 Å². The Hall–Kier alpha value is -3.25. The minimum atomic E-state index is -3.27. The fraction of sp³-hybridized carbons (Fsp3) is 0.0455. The van der Waals surface area contributed by atoms with E-state index in [4.69, 9.17) is 4.42 Å². The number of hydrogen-bond donors (Lipinski definition) is 0. The van der Waals surface area contributed by atoms with E-state index in [1.165, 1.54) is 24.7 Å². The van der Waals surface area contributed by atoms with Crippen molar-refractivity contribution in [3.05, 3.63) is 85.0 Å². The number of sulfone groups is 1. The van der Waals surface area contributed by atoms with Gasteiger partial charge in [0.25, 0.3) is 0 Å². The molecule has 0 aliphatic rings. The molecule has 3 aromatic carbocycles. The molecule has 0 unspecified atom stereocenters. The quantitative estimate of drug-likeness (QED) is 0.477. The van der Waals surface area contributed by atoms with E-state index in [1.54, 1.807) is 42.6 Å². The van der Waals surface area contributed by atoms with E-state index in [2.05, 4.69) is 4.98 Å². The molecule has 0 saturated carbocycles. The zero-order valence-corrected chi connectivity index (χ0v) is 15.8. The van der Waals surface area contributed by atoms with Crippen LogP contribution >= 0.6 is 0 Å². The third kappa shape index (κ3) is 3.59. The Morgan fingerprint density at radius 1 is 0.821 bits per heavy atom. The van der Waals surface area contributed by atoms with Crippen LogP contribution in [0, 0.1) is 5.82 Å². The lowest BCUT2D eigenvalue weighted by Crippen LogP contribution is -1.96. The van der Waals surface area contributed by atoms with Gasteiger partial charge < -0.3 is 4.42 Å². The van der Waals surface area contributed by atoms with Crippen LogP contribution in [0.5, 0.6) is 0 Å². The van der Waals surface area contributed by atoms with Crippen molar-refractivity contribution in [3.63, 3.8) is 0 Å². The molecule has 1 aromatic heterocycles. The van der Waals surface area contributed by atoms with Crippen molar-refractivity contribution in [2.45, 2.75) is 4.90 Å². The number of halogens is 1. The number of hydrogen-bond acceptors (Lipinski definition) is 4. The van der Waals surface area contributed by atoms with Gasteiger partial charge in [-0.05, 0) is 58.7 Å². The van der Waals surface area contributed by atoms with Gasteiger partial charge in [-0.25, -0.2) is 17.8 Å². The van der Waals surface area contributed by atoms with Crippen molar-refractivity contribution in [1.82, 2.24) is 4.98 Å². The molecule has 0 aliphatic carbocycles. The third-order valence-electron chi connectivity index (χ3n) is 4.45. The van der Waals surface area contributed by atoms with Gasteiger partial charge in [0.05, 0.1) is 11.1 Å². The van der Waals surface area contributed by atoms with Gasteiger partial charge in [0.1, 0.15) is 12.1 Å². The standard InChI is InChI=1S/C22H16FNO3S/c1-28(25,26)19-9-4-15(5-10-19)20-11-6-17(22-24-12-13-27-22)14-21(20)16-2-7-18(23)8-3-16/h2-14H,1H3. The van der Waals surface area contributed by atoms with Crippen LogP contribution in [0.25, 0.3) is 33.7 Å². The van der Waals surface area contributed by atoms with Crippen LogP contribution in [0.3, 0.4) is 0 Å². The summed E-state index contributed by atoms with van der Waals surface area (Å²) < 4.78 is 42.2. The third-order valence-corrected chi connectivity index (χ3v) is 5.58. The molecule has 4 rings (SSSR count). The Bertz CT molecular complexity index is 1210. The summed E-state index contributed by atoms with van der Waals surface area (Å²) in [6.07, 6.45) is 4.26. The van der Waals surface area contributed by atoms with Crippen molar-refractivity contribution in [2.75, 3.05) is 6.26 Å². The Morgan fingerprint density at radius 2 is 1.43 bits per heavy atom. The highest BCUT2D eigenvalue weighted by molar-refractivity contribution is 7.90. The summed E-state index contributed by atoms with van der Waals surface area (Å²) in [6, 6.07) is 18.7. The van der Waals surface area contributed by atoms with Crippen LogP contribution in [-0.4, -0.2) is 19.7 Å². The topological polar surface area (TPSA) is 60.2 Å². The molecule has 4 aromatic rings. The lowest BCUT2D eigenvalue weighted by Gasteiger charge is -2.12. The van der Waals surface area contributed by atoms with Crippen molar-refractivity contribution < 1.29 is 17.2 Å². The highest BCUT2D eigenvalue weighted by Gasteiger charge is 2.13. The van der Waals surface area contributed by atoms with Crippen LogP contribution in [0.15, 0.2) is 88.5 Å². The number of oxazole rings is 1. The summed E-state index contributed by atoms with van der Waals surface area (Å²) in [5, 5.41) is 0. The summed E-state index contributed by atoms with van der Waals surface area (Å²) in [5.74, 6) is 0.175. The normalized spacial score (nSPS) is 11.5. The van der Waals surface area contributed by atoms with Gasteiger partial charge in [0.2, 0.25) is 5.89 Å². The average Bonchev–Trinajstić information content (AvgIpc) is 3.22. The predicted molar refractivity (Wildman–Crippen MR) is 106 cm³/mol. The van der Waals surface area contributed by atoms with E-state index < -0.39 is 9.84 Å². The lowest BCUT2D eigenvalue weighted by atomic mass is 9.93. The Morgan fingerprint density at radius 3 is 2.04 bits per heavy atom. The van der Waals surface area contributed by atoms with Gasteiger partial charge in [0, 0.05) is 11.8 Å². The second-order valence-corrected chi connectivity index (χ2v) is 8.42. The van der Waals surface area contributed by atoms with Crippen LogP contribution in [0.1, 0.15) is 0 Å². The van der Waals surface area contributed by atoms with E-state index in [0.717, 1.165) is 27.8 Å². The van der Waals surface area contributed by atoms with Crippen LogP contribution in [0.4, 0.5) is 4.39 Å². The minimum Gasteiger partial charge on any atom is -0.445 e. The maximum atomic E-state index is 13.4. The molecule has 0 atom stereocenters. The first-order valence-electron chi connectivity index (χ1n) is 8.52. The van der Waals surface area contributed by atoms with E-state index in [1.807, 2.05) is 18.2 Å². The molecule has 0 amide bonds. The fourth-order valence-corrected chi connectivity index (χ4v) is 3.68. The summed E-state index contributed by atoms with van der Waals surface area (Å²) >= 11 is 0. The molecule has 0 spiro atoms. The first-order chi connectivity index (χ1) is 13.4. The van der Waals surface area contributed by atoms with Crippen molar-refractivity contribution in [1.29, 1.82) is 0 Å². The largest absolute Gasteiger partial charge is 0.445 e. The van der Waals surface area contributed by atoms with E-state index in [9.17, 15) is 12.8 Å². The maximum absolute atomic E-state index is 13.4. The molecule has 0 bridgehead atoms. The summed E-state index contributed by atoms with van der Waals surface area (Å²) in [6.45, 7) is 0. The summed E-state index contributed by atoms with van der Waals surface area (Å²) in [7, 11) is -3.27. The monoisotopic (exact) mass is 393 g/mol. The van der Waals surface area contributed by atoms with Crippen LogP contribution in [-0.2, 0) is 9.84 Å². The molecule has 0 aliphatic heterocycles. The first kappa shape index (κ1) is 18.1. The Balaban J connectivity index is 1.87. The number of rotatable bonds is 4. The smallest absolute Gasteiger partial charge is 0.225 e. The van der Waals surface area contributed by atoms with Crippen LogP contribution < -0.4 is 0 Å². The van der Waals surface area contributed by atoms with Crippen molar-refractivity contribution in [3.8, 4) is 33.7 Å². The maximum Gasteiger partial charge on any atom is 0.225 e. The molecule has 0 radical (unpaired) electrons. The fourth-order valence-electron chi connectivity index (χ4n) is 3.04. The molecular weight excluding hydrogens is 377 g/mol. The molecule has 6 heteroatoms. The predicted octanol–water partition coefficient (Wildman–Crippen LogP) is 5.22. The zero-order chi connectivity index (χ0) is 19.7. The highest BCUT2D eigenvalue weighted by Crippen LogP contribution is 2.35. The Labute approximate surface area is 162 Å². The lowest BCUT2D eigenvalue weighted by molar-refractivity contribution is 0.574. The summed E-state index contributed by atoms with van der Waals surface area (Å²) in [5.41, 5.74) is 4.23. The van der Waals surface area contributed by atoms with Gasteiger partial charge in [-0.15, -0.1) is 0 Å². The minimum absolute atomic E-state index is 0.260. The molecule has 0 N–H and O–H groups in total. The summed E-state index contributed by atoms with van der Waals surface area (Å²) in [4.78, 5) is 4.44. The van der Waals surface area contributed by atoms with Gasteiger partial charge in [-0.3, -0.25) is 0 Å². The van der Waals surface area contributed by atoms with E-state index in [-0.39, 0.29) is 10.7 Å². The second-order valence-electron chi connectivity index (χ2n) is 6.40. The average molecular weight is 393 g/mol. The first-order valence-corrected chi connectivity index (χ1v) is 10.4. The second kappa shape index (κ2) is 7.05. The number of benzene rings is 3. The Kier molecular flexibility index (Phi) is 4.57. The molecule has 0 saturated heterocycles. The number of aromatic nitrogens is 1. The SMILES string of the molecule is CS(=O)(=O)c1ccc(-c2ccc(-c3ncco3)cc2-c2ccc(F)cc2)cc1. The van der Waals surface area contributed by atoms with Crippen molar-refractivity contribution in [2.24, 2.45) is 0 Å². The molecule has 0 fully saturated rings. The van der Waals surface area contributed by atoms with Gasteiger partial charge >= 0.3 is 0 Å². The van der Waals surface area contributed by atoms with Gasteiger partial charge in [-0.2, -0.15) is 0 Å². The highest BCUT2D eigenvalue weighted by atomic mass is 32.2. The molecule has 1 heterocycles. The van der Waals surface area contributed by atoms with Gasteiger partial charge in [0.15, 0.2) is 9.84 Å². The van der Waals surface area contributed by atoms with E-state index >= 15 is 0 Å². The molecule has 140 valence electrons.